The second-order valence-electron chi connectivity index (χ2n) is 5.25. The first-order valence-corrected chi connectivity index (χ1v) is 6.55. The van der Waals surface area contributed by atoms with Crippen LogP contribution in [-0.4, -0.2) is 24.8 Å². The highest BCUT2D eigenvalue weighted by Gasteiger charge is 2.38. The molecule has 1 aliphatic heterocycles. The van der Waals surface area contributed by atoms with E-state index in [1.165, 1.54) is 25.7 Å². The lowest BCUT2D eigenvalue weighted by molar-refractivity contribution is 0.0944. The van der Waals surface area contributed by atoms with E-state index in [0.29, 0.717) is 12.0 Å². The largest absolute Gasteiger partial charge is 0.377 e. The van der Waals surface area contributed by atoms with Gasteiger partial charge in [0.05, 0.1) is 12.2 Å². The summed E-state index contributed by atoms with van der Waals surface area (Å²) in [6.45, 7) is 3.93. The van der Waals surface area contributed by atoms with E-state index in [0.717, 1.165) is 26.0 Å². The van der Waals surface area contributed by atoms with Crippen molar-refractivity contribution in [3.63, 3.8) is 0 Å². The fraction of sp³-hybridized carbons (Fsp3) is 0.923. The van der Waals surface area contributed by atoms with Gasteiger partial charge in [-0.15, -0.1) is 0 Å². The van der Waals surface area contributed by atoms with Crippen LogP contribution in [0.5, 0.6) is 0 Å². The Morgan fingerprint density at radius 1 is 1.38 bits per heavy atom. The highest BCUT2D eigenvalue weighted by atomic mass is 16.5. The fourth-order valence-corrected chi connectivity index (χ4v) is 2.92. The van der Waals surface area contributed by atoms with Crippen LogP contribution in [0.1, 0.15) is 45.4 Å². The highest BCUT2D eigenvalue weighted by molar-refractivity contribution is 5.11. The monoisotopic (exact) mass is 222 g/mol. The van der Waals surface area contributed by atoms with Crippen LogP contribution in [0.25, 0.3) is 0 Å². The maximum Gasteiger partial charge on any atom is 0.109 e. The van der Waals surface area contributed by atoms with Crippen LogP contribution >= 0.6 is 0 Å². The van der Waals surface area contributed by atoms with Crippen LogP contribution < -0.4 is 5.32 Å². The fourth-order valence-electron chi connectivity index (χ4n) is 2.92. The van der Waals surface area contributed by atoms with Gasteiger partial charge in [-0.2, -0.15) is 5.26 Å². The van der Waals surface area contributed by atoms with Gasteiger partial charge >= 0.3 is 0 Å². The van der Waals surface area contributed by atoms with Crippen molar-refractivity contribution in [3.8, 4) is 6.07 Å². The molecule has 1 N–H and O–H groups in total. The van der Waals surface area contributed by atoms with Crippen molar-refractivity contribution in [1.29, 1.82) is 5.26 Å². The molecular formula is C13H22N2O. The Bertz CT molecular complexity index is 268. The summed E-state index contributed by atoms with van der Waals surface area (Å²) in [6.07, 6.45) is 7.26. The SMILES string of the molecule is CC1CCCCC1(C#N)NCC1CCCO1. The smallest absolute Gasteiger partial charge is 0.109 e. The summed E-state index contributed by atoms with van der Waals surface area (Å²) >= 11 is 0. The molecule has 1 heterocycles. The maximum atomic E-state index is 9.43. The summed E-state index contributed by atoms with van der Waals surface area (Å²) in [4.78, 5) is 0. The Hall–Kier alpha value is -0.590. The zero-order chi connectivity index (χ0) is 11.4. The van der Waals surface area contributed by atoms with Gasteiger partial charge in [0.25, 0.3) is 0 Å². The third-order valence-electron chi connectivity index (χ3n) is 4.17. The van der Waals surface area contributed by atoms with Crippen molar-refractivity contribution >= 4 is 0 Å². The molecule has 3 unspecified atom stereocenters. The number of ether oxygens (including phenoxy) is 1. The van der Waals surface area contributed by atoms with Gasteiger partial charge in [-0.1, -0.05) is 19.8 Å². The summed E-state index contributed by atoms with van der Waals surface area (Å²) in [5.41, 5.74) is -0.287. The van der Waals surface area contributed by atoms with Gasteiger partial charge in [0.1, 0.15) is 5.54 Å². The van der Waals surface area contributed by atoms with Crippen molar-refractivity contribution in [1.82, 2.24) is 5.32 Å². The molecule has 1 aliphatic carbocycles. The van der Waals surface area contributed by atoms with Crippen LogP contribution in [0, 0.1) is 17.2 Å². The van der Waals surface area contributed by atoms with E-state index >= 15 is 0 Å². The molecule has 3 nitrogen and oxygen atoms in total. The molecule has 0 radical (unpaired) electrons. The Morgan fingerprint density at radius 3 is 2.88 bits per heavy atom. The number of rotatable bonds is 3. The molecule has 1 saturated heterocycles. The number of hydrogen-bond donors (Lipinski definition) is 1. The van der Waals surface area contributed by atoms with Crippen LogP contribution in [0.3, 0.4) is 0 Å². The molecule has 16 heavy (non-hydrogen) atoms. The highest BCUT2D eigenvalue weighted by Crippen LogP contribution is 2.33. The van der Waals surface area contributed by atoms with Gasteiger partial charge in [-0.25, -0.2) is 0 Å². The minimum Gasteiger partial charge on any atom is -0.377 e. The minimum absolute atomic E-state index is 0.287. The molecule has 0 bridgehead atoms. The van der Waals surface area contributed by atoms with Crippen LogP contribution in [0.2, 0.25) is 0 Å². The van der Waals surface area contributed by atoms with Crippen molar-refractivity contribution in [2.45, 2.75) is 57.1 Å². The minimum atomic E-state index is -0.287. The van der Waals surface area contributed by atoms with E-state index in [-0.39, 0.29) is 5.54 Å². The summed E-state index contributed by atoms with van der Waals surface area (Å²) in [5, 5.41) is 12.9. The molecule has 2 rings (SSSR count). The summed E-state index contributed by atoms with van der Waals surface area (Å²) in [7, 11) is 0. The standard InChI is InChI=1S/C13H22N2O/c1-11-5-2-3-7-13(11,10-14)15-9-12-6-4-8-16-12/h11-12,15H,2-9H2,1H3. The number of nitrogens with zero attached hydrogens (tertiary/aromatic N) is 1. The summed E-state index contributed by atoms with van der Waals surface area (Å²) in [5.74, 6) is 0.465. The third kappa shape index (κ3) is 2.39. The molecule has 1 saturated carbocycles. The van der Waals surface area contributed by atoms with Gasteiger partial charge in [0, 0.05) is 13.2 Å². The molecule has 0 spiro atoms. The first kappa shape index (κ1) is 11.9. The van der Waals surface area contributed by atoms with Crippen molar-refractivity contribution in [2.24, 2.45) is 5.92 Å². The Kier molecular flexibility index (Phi) is 3.83. The maximum absolute atomic E-state index is 9.43. The molecule has 2 aliphatic rings. The van der Waals surface area contributed by atoms with Crippen LogP contribution in [0.4, 0.5) is 0 Å². The predicted molar refractivity (Wildman–Crippen MR) is 63.0 cm³/mol. The third-order valence-corrected chi connectivity index (χ3v) is 4.17. The van der Waals surface area contributed by atoms with E-state index in [9.17, 15) is 5.26 Å². The molecule has 0 aromatic carbocycles. The molecule has 0 amide bonds. The molecule has 90 valence electrons. The van der Waals surface area contributed by atoms with Crippen molar-refractivity contribution in [2.75, 3.05) is 13.2 Å². The quantitative estimate of drug-likeness (QED) is 0.796. The van der Waals surface area contributed by atoms with E-state index in [4.69, 9.17) is 4.74 Å². The van der Waals surface area contributed by atoms with Gasteiger partial charge in [0.15, 0.2) is 0 Å². The van der Waals surface area contributed by atoms with Crippen molar-refractivity contribution < 1.29 is 4.74 Å². The van der Waals surface area contributed by atoms with Crippen molar-refractivity contribution in [3.05, 3.63) is 0 Å². The Labute approximate surface area is 98.2 Å². The van der Waals surface area contributed by atoms with Gasteiger partial charge < -0.3 is 4.74 Å². The van der Waals surface area contributed by atoms with E-state index < -0.39 is 0 Å². The van der Waals surface area contributed by atoms with Crippen LogP contribution in [0.15, 0.2) is 0 Å². The molecule has 0 aromatic rings. The van der Waals surface area contributed by atoms with Gasteiger partial charge in [-0.05, 0) is 31.6 Å². The number of nitriles is 1. The molecule has 2 fully saturated rings. The zero-order valence-corrected chi connectivity index (χ0v) is 10.2. The lowest BCUT2D eigenvalue weighted by atomic mass is 9.74. The number of hydrogen-bond acceptors (Lipinski definition) is 3. The lowest BCUT2D eigenvalue weighted by Gasteiger charge is -2.38. The second kappa shape index (κ2) is 5.16. The zero-order valence-electron chi connectivity index (χ0n) is 10.2. The lowest BCUT2D eigenvalue weighted by Crippen LogP contribution is -2.53. The Balaban J connectivity index is 1.90. The molecule has 0 aromatic heterocycles. The average Bonchev–Trinajstić information content (AvgIpc) is 2.82. The summed E-state index contributed by atoms with van der Waals surface area (Å²) < 4.78 is 5.60. The molecular weight excluding hydrogens is 200 g/mol. The van der Waals surface area contributed by atoms with E-state index in [1.807, 2.05) is 0 Å². The van der Waals surface area contributed by atoms with Gasteiger partial charge in [0.2, 0.25) is 0 Å². The normalized spacial score (nSPS) is 39.5. The van der Waals surface area contributed by atoms with E-state index in [2.05, 4.69) is 18.3 Å². The van der Waals surface area contributed by atoms with Gasteiger partial charge in [-0.3, -0.25) is 5.32 Å². The molecule has 3 heteroatoms. The molecule has 3 atom stereocenters. The van der Waals surface area contributed by atoms with E-state index in [1.54, 1.807) is 0 Å². The van der Waals surface area contributed by atoms with Crippen LogP contribution in [-0.2, 0) is 4.74 Å². The first-order chi connectivity index (χ1) is 7.77. The first-order valence-electron chi connectivity index (χ1n) is 6.55. The number of nitrogens with one attached hydrogen (secondary N) is 1. The topological polar surface area (TPSA) is 45.0 Å². The second-order valence-corrected chi connectivity index (χ2v) is 5.25. The predicted octanol–water partition coefficient (Wildman–Crippen LogP) is 2.23. The average molecular weight is 222 g/mol. The Morgan fingerprint density at radius 2 is 2.25 bits per heavy atom. The summed E-state index contributed by atoms with van der Waals surface area (Å²) in [6, 6.07) is 2.52.